The molecule has 26 heavy (non-hydrogen) atoms. The van der Waals surface area contributed by atoms with Crippen molar-refractivity contribution in [3.8, 4) is 5.88 Å². The van der Waals surface area contributed by atoms with Crippen LogP contribution in [-0.4, -0.2) is 61.5 Å². The highest BCUT2D eigenvalue weighted by molar-refractivity contribution is 5.90. The standard InChI is InChI=1S/C19H27N5O2.H2/c1-3-4-9-21-19(20)23-17-6-5-16(18(22-17)25-2)14-7-10-24(11-8-14)15-12-26-13-15;/h3-6,9,14-15H,7-8,10-13H2,1-2H3,(H2,20,22,23);1H/b4-3+,21-9+;. The second kappa shape index (κ2) is 8.91. The van der Waals surface area contributed by atoms with Gasteiger partial charge in [-0.25, -0.2) is 4.99 Å². The average Bonchev–Trinajstić information content (AvgIpc) is 2.61. The van der Waals surface area contributed by atoms with E-state index >= 15 is 0 Å². The van der Waals surface area contributed by atoms with Gasteiger partial charge in [0.1, 0.15) is 0 Å². The largest absolute Gasteiger partial charge is 0.481 e. The number of piperidine rings is 1. The third-order valence-corrected chi connectivity index (χ3v) is 4.89. The molecule has 0 bridgehead atoms. The van der Waals surface area contributed by atoms with E-state index in [4.69, 9.17) is 15.2 Å². The number of nitrogens with two attached hydrogens (primary N) is 1. The normalized spacial score (nSPS) is 20.8. The summed E-state index contributed by atoms with van der Waals surface area (Å²) in [5, 5.41) is 0. The Morgan fingerprint density at radius 3 is 2.77 bits per heavy atom. The van der Waals surface area contributed by atoms with Crippen molar-refractivity contribution in [3.05, 3.63) is 29.8 Å². The van der Waals surface area contributed by atoms with Gasteiger partial charge in [0.25, 0.3) is 0 Å². The summed E-state index contributed by atoms with van der Waals surface area (Å²) in [6.45, 7) is 5.85. The Morgan fingerprint density at radius 1 is 1.38 bits per heavy atom. The molecule has 7 nitrogen and oxygen atoms in total. The molecule has 0 atom stereocenters. The van der Waals surface area contributed by atoms with E-state index in [1.54, 1.807) is 19.4 Å². The second-order valence-corrected chi connectivity index (χ2v) is 6.54. The number of rotatable bonds is 5. The number of aliphatic imine (C=N–C) groups is 2. The Morgan fingerprint density at radius 2 is 2.15 bits per heavy atom. The third-order valence-electron chi connectivity index (χ3n) is 4.89. The Balaban J connectivity index is 0.00000261. The summed E-state index contributed by atoms with van der Waals surface area (Å²) in [6, 6.07) is 4.54. The van der Waals surface area contributed by atoms with Crippen LogP contribution >= 0.6 is 0 Å². The topological polar surface area (TPSA) is 85.3 Å². The Bertz CT molecular complexity index is 695. The lowest BCUT2D eigenvalue weighted by atomic mass is 9.89. The van der Waals surface area contributed by atoms with Gasteiger partial charge >= 0.3 is 0 Å². The molecule has 2 N–H and O–H groups in total. The summed E-state index contributed by atoms with van der Waals surface area (Å²) in [7, 11) is 1.65. The lowest BCUT2D eigenvalue weighted by Gasteiger charge is -2.41. The SMILES string of the molecule is C/C=C/C=N/C(N)=Nc1ccc(C2CCN(C3COC3)CC2)c(OC)n1.[HH]. The van der Waals surface area contributed by atoms with Crippen molar-refractivity contribution in [1.29, 1.82) is 0 Å². The molecule has 0 spiro atoms. The summed E-state index contributed by atoms with van der Waals surface area (Å²) in [6.07, 6.45) is 7.48. The van der Waals surface area contributed by atoms with Gasteiger partial charge in [0.2, 0.25) is 11.8 Å². The summed E-state index contributed by atoms with van der Waals surface area (Å²) >= 11 is 0. The van der Waals surface area contributed by atoms with Gasteiger partial charge in [-0.1, -0.05) is 6.08 Å². The van der Waals surface area contributed by atoms with E-state index in [9.17, 15) is 0 Å². The summed E-state index contributed by atoms with van der Waals surface area (Å²) in [5.41, 5.74) is 6.95. The van der Waals surface area contributed by atoms with Crippen LogP contribution in [0.5, 0.6) is 5.88 Å². The molecule has 0 saturated carbocycles. The molecule has 0 unspecified atom stereocenters. The first-order valence-electron chi connectivity index (χ1n) is 9.07. The Kier molecular flexibility index (Phi) is 6.35. The molecule has 142 valence electrons. The molecule has 3 heterocycles. The molecular formula is C19H29N5O2. The van der Waals surface area contributed by atoms with E-state index < -0.39 is 0 Å². The Labute approximate surface area is 156 Å². The molecular weight excluding hydrogens is 330 g/mol. The molecule has 3 rings (SSSR count). The van der Waals surface area contributed by atoms with Crippen molar-refractivity contribution >= 4 is 18.0 Å². The van der Waals surface area contributed by atoms with Crippen LogP contribution in [0.3, 0.4) is 0 Å². The van der Waals surface area contributed by atoms with Crippen LogP contribution in [0.4, 0.5) is 5.82 Å². The van der Waals surface area contributed by atoms with Crippen molar-refractivity contribution in [2.24, 2.45) is 15.7 Å². The Hall–Kier alpha value is -2.25. The van der Waals surface area contributed by atoms with E-state index in [1.807, 2.05) is 19.1 Å². The van der Waals surface area contributed by atoms with E-state index in [0.717, 1.165) is 44.7 Å². The number of hydrogen-bond donors (Lipinski definition) is 1. The third kappa shape index (κ3) is 4.47. The van der Waals surface area contributed by atoms with Crippen LogP contribution in [0.25, 0.3) is 0 Å². The van der Waals surface area contributed by atoms with Crippen molar-refractivity contribution in [2.45, 2.75) is 31.7 Å². The lowest BCUT2D eigenvalue weighted by molar-refractivity contribution is -0.0713. The summed E-state index contributed by atoms with van der Waals surface area (Å²) in [4.78, 5) is 15.3. The fourth-order valence-electron chi connectivity index (χ4n) is 3.34. The smallest absolute Gasteiger partial charge is 0.221 e. The van der Waals surface area contributed by atoms with Gasteiger partial charge in [-0.2, -0.15) is 9.98 Å². The molecule has 0 aromatic carbocycles. The van der Waals surface area contributed by atoms with Gasteiger partial charge in [-0.15, -0.1) is 0 Å². The quantitative estimate of drug-likeness (QED) is 0.645. The van der Waals surface area contributed by atoms with Crippen LogP contribution in [0.2, 0.25) is 0 Å². The number of nitrogens with zero attached hydrogens (tertiary/aromatic N) is 4. The molecule has 7 heteroatoms. The predicted octanol–water partition coefficient (Wildman–Crippen LogP) is 2.51. The molecule has 0 radical (unpaired) electrons. The zero-order valence-corrected chi connectivity index (χ0v) is 15.5. The van der Waals surface area contributed by atoms with Crippen molar-refractivity contribution < 1.29 is 10.9 Å². The van der Waals surface area contributed by atoms with Crippen molar-refractivity contribution in [3.63, 3.8) is 0 Å². The molecule has 0 amide bonds. The van der Waals surface area contributed by atoms with Gasteiger partial charge in [0, 0.05) is 13.2 Å². The number of guanidine groups is 1. The number of methoxy groups -OCH3 is 1. The van der Waals surface area contributed by atoms with Crippen LogP contribution in [0.1, 0.15) is 32.7 Å². The van der Waals surface area contributed by atoms with E-state index in [1.165, 1.54) is 0 Å². The van der Waals surface area contributed by atoms with Crippen LogP contribution in [0, 0.1) is 0 Å². The molecule has 2 aliphatic heterocycles. The van der Waals surface area contributed by atoms with Gasteiger partial charge in [0.05, 0.1) is 26.4 Å². The fourth-order valence-corrected chi connectivity index (χ4v) is 3.34. The zero-order valence-electron chi connectivity index (χ0n) is 15.5. The molecule has 2 aliphatic rings. The highest BCUT2D eigenvalue weighted by atomic mass is 16.5. The van der Waals surface area contributed by atoms with E-state index in [2.05, 4.69) is 25.9 Å². The second-order valence-electron chi connectivity index (χ2n) is 6.54. The van der Waals surface area contributed by atoms with Crippen LogP contribution in [-0.2, 0) is 4.74 Å². The van der Waals surface area contributed by atoms with E-state index in [0.29, 0.717) is 23.7 Å². The highest BCUT2D eigenvalue weighted by Crippen LogP contribution is 2.35. The minimum absolute atomic E-state index is 0. The number of likely N-dealkylation sites (tertiary alicyclic amines) is 1. The molecule has 1 aromatic heterocycles. The first-order chi connectivity index (χ1) is 12.7. The number of pyridine rings is 1. The zero-order chi connectivity index (χ0) is 18.4. The van der Waals surface area contributed by atoms with Crippen molar-refractivity contribution in [1.82, 2.24) is 9.88 Å². The number of aromatic nitrogens is 1. The van der Waals surface area contributed by atoms with Crippen LogP contribution in [0.15, 0.2) is 34.3 Å². The number of ether oxygens (including phenoxy) is 2. The molecule has 2 saturated heterocycles. The number of allylic oxidation sites excluding steroid dienone is 2. The van der Waals surface area contributed by atoms with Gasteiger partial charge < -0.3 is 15.2 Å². The molecule has 0 aliphatic carbocycles. The predicted molar refractivity (Wildman–Crippen MR) is 106 cm³/mol. The van der Waals surface area contributed by atoms with Gasteiger partial charge in [-0.05, 0) is 57.0 Å². The maximum atomic E-state index is 5.80. The first kappa shape index (κ1) is 18.5. The summed E-state index contributed by atoms with van der Waals surface area (Å²) < 4.78 is 10.8. The minimum Gasteiger partial charge on any atom is -0.481 e. The van der Waals surface area contributed by atoms with Crippen LogP contribution < -0.4 is 10.5 Å². The molecule has 1 aromatic rings. The fraction of sp³-hybridized carbons (Fsp3) is 0.526. The minimum atomic E-state index is 0. The van der Waals surface area contributed by atoms with Gasteiger partial charge in [0.15, 0.2) is 5.82 Å². The monoisotopic (exact) mass is 359 g/mol. The maximum absolute atomic E-state index is 5.80. The first-order valence-corrected chi connectivity index (χ1v) is 9.07. The van der Waals surface area contributed by atoms with Gasteiger partial charge in [-0.3, -0.25) is 4.90 Å². The van der Waals surface area contributed by atoms with E-state index in [-0.39, 0.29) is 7.39 Å². The summed E-state index contributed by atoms with van der Waals surface area (Å²) in [5.74, 6) is 1.76. The highest BCUT2D eigenvalue weighted by Gasteiger charge is 2.31. The average molecular weight is 359 g/mol. The maximum Gasteiger partial charge on any atom is 0.221 e. The van der Waals surface area contributed by atoms with Crippen molar-refractivity contribution in [2.75, 3.05) is 33.4 Å². The molecule has 2 fully saturated rings. The number of hydrogen-bond acceptors (Lipinski definition) is 5. The lowest BCUT2D eigenvalue weighted by Crippen LogP contribution is -2.51.